The van der Waals surface area contributed by atoms with E-state index in [4.69, 9.17) is 11.6 Å². The standard InChI is InChI=1S/C11H10ClN3O4S2/c1-7-4-8(12)9(15(16)17)5-10(7)21(18,19)14-6-11-13-2-3-20-11/h2-5,14H,6H2,1H3. The average Bonchev–Trinajstić information content (AvgIpc) is 2.88. The molecule has 1 aromatic heterocycles. The summed E-state index contributed by atoms with van der Waals surface area (Å²) in [5.74, 6) is 0. The predicted molar refractivity (Wildman–Crippen MR) is 79.0 cm³/mol. The Kier molecular flexibility index (Phi) is 4.57. The highest BCUT2D eigenvalue weighted by molar-refractivity contribution is 7.89. The number of hydrogen-bond acceptors (Lipinski definition) is 6. The molecular weight excluding hydrogens is 338 g/mol. The lowest BCUT2D eigenvalue weighted by molar-refractivity contribution is -0.384. The molecule has 0 aliphatic rings. The van der Waals surface area contributed by atoms with Crippen LogP contribution in [0, 0.1) is 17.0 Å². The summed E-state index contributed by atoms with van der Waals surface area (Å²) in [7, 11) is -3.89. The molecule has 0 saturated carbocycles. The number of aromatic nitrogens is 1. The maximum Gasteiger partial charge on any atom is 0.289 e. The highest BCUT2D eigenvalue weighted by atomic mass is 35.5. The van der Waals surface area contributed by atoms with Gasteiger partial charge in [0.1, 0.15) is 10.0 Å². The Morgan fingerprint density at radius 1 is 1.48 bits per heavy atom. The molecule has 21 heavy (non-hydrogen) atoms. The number of sulfonamides is 1. The van der Waals surface area contributed by atoms with Gasteiger partial charge in [-0.2, -0.15) is 0 Å². The third kappa shape index (κ3) is 3.56. The summed E-state index contributed by atoms with van der Waals surface area (Å²) in [4.78, 5) is 13.9. The van der Waals surface area contributed by atoms with Gasteiger partial charge in [-0.25, -0.2) is 18.1 Å². The van der Waals surface area contributed by atoms with Crippen LogP contribution in [0.15, 0.2) is 28.6 Å². The fourth-order valence-corrected chi connectivity index (χ4v) is 3.81. The van der Waals surface area contributed by atoms with E-state index in [0.717, 1.165) is 6.07 Å². The van der Waals surface area contributed by atoms with Crippen molar-refractivity contribution in [3.05, 3.63) is 49.4 Å². The molecule has 7 nitrogen and oxygen atoms in total. The molecule has 112 valence electrons. The molecule has 2 rings (SSSR count). The Morgan fingerprint density at radius 3 is 2.76 bits per heavy atom. The number of aryl methyl sites for hydroxylation is 1. The first-order valence-corrected chi connectivity index (χ1v) is 8.38. The predicted octanol–water partition coefficient (Wildman–Crippen LogP) is 2.49. The van der Waals surface area contributed by atoms with Crippen LogP contribution in [0.3, 0.4) is 0 Å². The number of halogens is 1. The third-order valence-electron chi connectivity index (χ3n) is 2.63. The van der Waals surface area contributed by atoms with Crippen molar-refractivity contribution >= 4 is 38.6 Å². The van der Waals surface area contributed by atoms with Crippen LogP contribution in [0.2, 0.25) is 5.02 Å². The summed E-state index contributed by atoms with van der Waals surface area (Å²) < 4.78 is 26.8. The molecule has 0 fully saturated rings. The lowest BCUT2D eigenvalue weighted by Crippen LogP contribution is -2.24. The second-order valence-electron chi connectivity index (χ2n) is 4.08. The smallest absolute Gasteiger partial charge is 0.258 e. The maximum atomic E-state index is 12.2. The zero-order valence-electron chi connectivity index (χ0n) is 10.7. The molecule has 0 saturated heterocycles. The lowest BCUT2D eigenvalue weighted by atomic mass is 10.2. The Bertz CT molecular complexity index is 775. The van der Waals surface area contributed by atoms with Crippen molar-refractivity contribution < 1.29 is 13.3 Å². The van der Waals surface area contributed by atoms with Gasteiger partial charge in [0.15, 0.2) is 0 Å². The number of nitro groups is 1. The Morgan fingerprint density at radius 2 is 2.19 bits per heavy atom. The Balaban J connectivity index is 2.35. The van der Waals surface area contributed by atoms with Crippen molar-refractivity contribution in [2.75, 3.05) is 0 Å². The van der Waals surface area contributed by atoms with Gasteiger partial charge in [0, 0.05) is 17.6 Å². The van der Waals surface area contributed by atoms with E-state index < -0.39 is 20.6 Å². The van der Waals surface area contributed by atoms with Crippen molar-refractivity contribution in [3.8, 4) is 0 Å². The number of nitrogens with zero attached hydrogens (tertiary/aromatic N) is 2. The van der Waals surface area contributed by atoms with Crippen LogP contribution in [0.5, 0.6) is 0 Å². The van der Waals surface area contributed by atoms with Gasteiger partial charge in [0.2, 0.25) is 10.0 Å². The van der Waals surface area contributed by atoms with Crippen LogP contribution >= 0.6 is 22.9 Å². The first-order chi connectivity index (χ1) is 9.81. The largest absolute Gasteiger partial charge is 0.289 e. The summed E-state index contributed by atoms with van der Waals surface area (Å²) in [5.41, 5.74) is -0.117. The SMILES string of the molecule is Cc1cc(Cl)c([N+](=O)[O-])cc1S(=O)(=O)NCc1nccs1. The minimum Gasteiger partial charge on any atom is -0.258 e. The molecule has 1 N–H and O–H groups in total. The van der Waals surface area contributed by atoms with Crippen LogP contribution in [-0.2, 0) is 16.6 Å². The van der Waals surface area contributed by atoms with E-state index >= 15 is 0 Å². The van der Waals surface area contributed by atoms with Gasteiger partial charge in [-0.3, -0.25) is 10.1 Å². The number of nitro benzene ring substituents is 1. The van der Waals surface area contributed by atoms with Gasteiger partial charge in [0.05, 0.1) is 16.4 Å². The fourth-order valence-electron chi connectivity index (χ4n) is 1.65. The van der Waals surface area contributed by atoms with Gasteiger partial charge in [-0.1, -0.05) is 11.6 Å². The topological polar surface area (TPSA) is 102 Å². The monoisotopic (exact) mass is 347 g/mol. The Hall–Kier alpha value is -1.55. The van der Waals surface area contributed by atoms with Crippen molar-refractivity contribution in [3.63, 3.8) is 0 Å². The Labute approximate surface area is 129 Å². The lowest BCUT2D eigenvalue weighted by Gasteiger charge is -2.09. The zero-order valence-corrected chi connectivity index (χ0v) is 13.1. The van der Waals surface area contributed by atoms with Crippen molar-refractivity contribution in [1.82, 2.24) is 9.71 Å². The molecule has 1 heterocycles. The van der Waals surface area contributed by atoms with E-state index in [-0.39, 0.29) is 16.5 Å². The second-order valence-corrected chi connectivity index (χ2v) is 7.20. The summed E-state index contributed by atoms with van der Waals surface area (Å²) in [6.45, 7) is 1.55. The van der Waals surface area contributed by atoms with Crippen LogP contribution in [0.1, 0.15) is 10.6 Å². The van der Waals surface area contributed by atoms with E-state index in [2.05, 4.69) is 9.71 Å². The minimum atomic E-state index is -3.89. The molecule has 0 aliphatic heterocycles. The van der Waals surface area contributed by atoms with Gasteiger partial charge in [0.25, 0.3) is 5.69 Å². The van der Waals surface area contributed by atoms with Gasteiger partial charge < -0.3 is 0 Å². The number of nitrogens with one attached hydrogen (secondary N) is 1. The molecule has 2 aromatic rings. The molecule has 0 unspecified atom stereocenters. The molecule has 0 atom stereocenters. The average molecular weight is 348 g/mol. The third-order valence-corrected chi connectivity index (χ3v) is 5.25. The summed E-state index contributed by atoms with van der Waals surface area (Å²) in [5, 5.41) is 13.1. The van der Waals surface area contributed by atoms with Crippen LogP contribution < -0.4 is 4.72 Å². The number of hydrogen-bond donors (Lipinski definition) is 1. The molecule has 0 amide bonds. The van der Waals surface area contributed by atoms with Crippen LogP contribution in [0.4, 0.5) is 5.69 Å². The van der Waals surface area contributed by atoms with Crippen molar-refractivity contribution in [1.29, 1.82) is 0 Å². The van der Waals surface area contributed by atoms with E-state index in [9.17, 15) is 18.5 Å². The molecule has 10 heteroatoms. The zero-order chi connectivity index (χ0) is 15.6. The summed E-state index contributed by atoms with van der Waals surface area (Å²) >= 11 is 7.05. The molecular formula is C11H10ClN3O4S2. The van der Waals surface area contributed by atoms with E-state index in [1.165, 1.54) is 24.3 Å². The van der Waals surface area contributed by atoms with Crippen molar-refractivity contribution in [2.24, 2.45) is 0 Å². The highest BCUT2D eigenvalue weighted by Crippen LogP contribution is 2.30. The number of benzene rings is 1. The number of rotatable bonds is 5. The van der Waals surface area contributed by atoms with E-state index in [0.29, 0.717) is 10.6 Å². The normalized spacial score (nSPS) is 11.5. The molecule has 1 aromatic carbocycles. The van der Waals surface area contributed by atoms with Crippen molar-refractivity contribution in [2.45, 2.75) is 18.4 Å². The maximum absolute atomic E-state index is 12.2. The molecule has 0 spiro atoms. The quantitative estimate of drug-likeness (QED) is 0.661. The summed E-state index contributed by atoms with van der Waals surface area (Å²) in [6, 6.07) is 2.22. The number of thiazole rings is 1. The first kappa shape index (κ1) is 15.8. The highest BCUT2D eigenvalue weighted by Gasteiger charge is 2.23. The molecule has 0 aliphatic carbocycles. The second kappa shape index (κ2) is 6.06. The minimum absolute atomic E-state index is 0.0237. The first-order valence-electron chi connectivity index (χ1n) is 5.64. The van der Waals surface area contributed by atoms with Gasteiger partial charge >= 0.3 is 0 Å². The molecule has 0 radical (unpaired) electrons. The fraction of sp³-hybridized carbons (Fsp3) is 0.182. The van der Waals surface area contributed by atoms with Crippen LogP contribution in [0.25, 0.3) is 0 Å². The van der Waals surface area contributed by atoms with E-state index in [1.54, 1.807) is 11.6 Å². The van der Waals surface area contributed by atoms with E-state index in [1.807, 2.05) is 0 Å². The van der Waals surface area contributed by atoms with Crippen LogP contribution in [-0.4, -0.2) is 18.3 Å². The van der Waals surface area contributed by atoms with Gasteiger partial charge in [-0.15, -0.1) is 11.3 Å². The molecule has 0 bridgehead atoms. The summed E-state index contributed by atoms with van der Waals surface area (Å²) in [6.07, 6.45) is 1.56. The van der Waals surface area contributed by atoms with Gasteiger partial charge in [-0.05, 0) is 18.6 Å².